The third kappa shape index (κ3) is 2.83. The average molecular weight is 365 g/mol. The number of benzene rings is 1. The van der Waals surface area contributed by atoms with Crippen molar-refractivity contribution in [3.8, 4) is 0 Å². The maximum absolute atomic E-state index is 12.7. The summed E-state index contributed by atoms with van der Waals surface area (Å²) in [6, 6.07) is 7.04. The van der Waals surface area contributed by atoms with Crippen LogP contribution in [0.1, 0.15) is 53.3 Å². The average Bonchev–Trinajstić information content (AvgIpc) is 3.10. The zero-order valence-corrected chi connectivity index (χ0v) is 15.3. The molecule has 0 aromatic heterocycles. The highest BCUT2D eigenvalue weighted by molar-refractivity contribution is 6.21. The third-order valence-corrected chi connectivity index (χ3v) is 6.21. The lowest BCUT2D eigenvalue weighted by atomic mass is 9.70. The Bertz CT molecular complexity index is 878. The van der Waals surface area contributed by atoms with Gasteiger partial charge < -0.3 is 11.5 Å². The lowest BCUT2D eigenvalue weighted by Crippen LogP contribution is -2.40. The van der Waals surface area contributed by atoms with Crippen LogP contribution < -0.4 is 11.5 Å². The minimum absolute atomic E-state index is 0.0354. The fraction of sp³-hybridized carbons (Fsp3) is 0.400. The Balaban J connectivity index is 1.55. The van der Waals surface area contributed by atoms with Gasteiger partial charge in [-0.1, -0.05) is 24.6 Å². The van der Waals surface area contributed by atoms with E-state index in [1.165, 1.54) is 10.5 Å². The van der Waals surface area contributed by atoms with Crippen LogP contribution >= 0.6 is 0 Å². The highest BCUT2D eigenvalue weighted by Gasteiger charge is 2.47. The highest BCUT2D eigenvalue weighted by Crippen LogP contribution is 2.53. The molecule has 2 aliphatic carbocycles. The lowest BCUT2D eigenvalue weighted by Gasteiger charge is -2.37. The van der Waals surface area contributed by atoms with E-state index in [1.807, 2.05) is 0 Å². The van der Waals surface area contributed by atoms with E-state index in [2.05, 4.69) is 23.2 Å². The summed E-state index contributed by atoms with van der Waals surface area (Å²) in [6.07, 6.45) is 5.65. The van der Waals surface area contributed by atoms with E-state index < -0.39 is 0 Å². The smallest absolute Gasteiger partial charge is 0.261 e. The van der Waals surface area contributed by atoms with Crippen molar-refractivity contribution >= 4 is 23.5 Å². The van der Waals surface area contributed by atoms with Crippen molar-refractivity contribution in [3.63, 3.8) is 0 Å². The molecule has 0 radical (unpaired) electrons. The first-order valence-corrected chi connectivity index (χ1v) is 9.22. The van der Waals surface area contributed by atoms with Crippen LogP contribution in [0.25, 0.3) is 0 Å². The molecule has 140 valence electrons. The van der Waals surface area contributed by atoms with Crippen LogP contribution in [0, 0.1) is 11.3 Å². The molecule has 1 fully saturated rings. The summed E-state index contributed by atoms with van der Waals surface area (Å²) in [6.45, 7) is 2.69. The fourth-order valence-electron chi connectivity index (χ4n) is 4.58. The molecule has 2 amide bonds. The van der Waals surface area contributed by atoms with Crippen LogP contribution in [0.2, 0.25) is 0 Å². The van der Waals surface area contributed by atoms with Crippen LogP contribution in [0.5, 0.6) is 0 Å². The van der Waals surface area contributed by atoms with Crippen molar-refractivity contribution < 1.29 is 9.59 Å². The maximum atomic E-state index is 12.7. The summed E-state index contributed by atoms with van der Waals surface area (Å²) in [5.41, 5.74) is 13.9. The Labute approximate surface area is 157 Å². The Morgan fingerprint density at radius 3 is 2.48 bits per heavy atom. The van der Waals surface area contributed by atoms with Gasteiger partial charge in [0, 0.05) is 6.54 Å². The summed E-state index contributed by atoms with van der Waals surface area (Å²) in [5.74, 6) is -0.162. The van der Waals surface area contributed by atoms with Crippen LogP contribution in [-0.2, 0) is 0 Å². The molecule has 1 heterocycles. The van der Waals surface area contributed by atoms with Gasteiger partial charge in [-0.25, -0.2) is 0 Å². The number of nitrogens with zero attached hydrogens (tertiary/aromatic N) is 3. The van der Waals surface area contributed by atoms with Gasteiger partial charge in [0.25, 0.3) is 11.8 Å². The topological polar surface area (TPSA) is 114 Å². The standard InChI is InChI=1S/C20H23N5O2/c1-20-9-8-14(23-24-19(21)22)10-12(20)6-7-13(20)11-25-17(26)15-4-2-3-5-16(15)18(25)27/h2-5,10,13H,6-9,11H2,1H3,(H4,21,22,24)/b23-14+/t13-,20+/m1/s1. The molecule has 0 bridgehead atoms. The van der Waals surface area contributed by atoms with Crippen molar-refractivity contribution in [2.24, 2.45) is 33.0 Å². The highest BCUT2D eigenvalue weighted by atomic mass is 16.2. The van der Waals surface area contributed by atoms with Crippen molar-refractivity contribution in [1.82, 2.24) is 4.90 Å². The van der Waals surface area contributed by atoms with Gasteiger partial charge in [-0.15, -0.1) is 5.10 Å². The first kappa shape index (κ1) is 17.5. The number of carbonyl (C=O) groups excluding carboxylic acids is 2. The van der Waals surface area contributed by atoms with Gasteiger partial charge in [0.05, 0.1) is 16.8 Å². The fourth-order valence-corrected chi connectivity index (χ4v) is 4.58. The molecule has 4 N–H and O–H groups in total. The second-order valence-electron chi connectivity index (χ2n) is 7.71. The summed E-state index contributed by atoms with van der Waals surface area (Å²) in [5, 5.41) is 7.86. The van der Waals surface area contributed by atoms with Crippen molar-refractivity contribution in [3.05, 3.63) is 47.0 Å². The molecule has 0 unspecified atom stereocenters. The van der Waals surface area contributed by atoms with E-state index in [-0.39, 0.29) is 29.1 Å². The summed E-state index contributed by atoms with van der Waals surface area (Å²) >= 11 is 0. The van der Waals surface area contributed by atoms with Crippen LogP contribution in [-0.4, -0.2) is 34.9 Å². The molecule has 1 aromatic carbocycles. The molecule has 3 aliphatic rings. The lowest BCUT2D eigenvalue weighted by molar-refractivity contribution is 0.0593. The first-order chi connectivity index (χ1) is 12.9. The molecule has 4 rings (SSSR count). The Hall–Kier alpha value is -2.96. The van der Waals surface area contributed by atoms with Gasteiger partial charge in [-0.05, 0) is 55.2 Å². The number of rotatable bonds is 3. The second-order valence-corrected chi connectivity index (χ2v) is 7.71. The molecule has 7 heteroatoms. The Morgan fingerprint density at radius 1 is 1.19 bits per heavy atom. The third-order valence-electron chi connectivity index (χ3n) is 6.21. The minimum Gasteiger partial charge on any atom is -0.369 e. The van der Waals surface area contributed by atoms with E-state index >= 15 is 0 Å². The molecular formula is C20H23N5O2. The Kier molecular flexibility index (Phi) is 4.09. The van der Waals surface area contributed by atoms with Gasteiger partial charge in [-0.2, -0.15) is 5.10 Å². The molecule has 1 aromatic rings. The molecule has 1 saturated carbocycles. The van der Waals surface area contributed by atoms with Crippen LogP contribution in [0.3, 0.4) is 0 Å². The minimum atomic E-state index is -0.178. The van der Waals surface area contributed by atoms with Crippen LogP contribution in [0.15, 0.2) is 46.1 Å². The van der Waals surface area contributed by atoms with Gasteiger partial charge in [0.15, 0.2) is 0 Å². The normalized spacial score (nSPS) is 28.2. The molecule has 1 aliphatic heterocycles. The molecular weight excluding hydrogens is 342 g/mol. The van der Waals surface area contributed by atoms with E-state index in [9.17, 15) is 9.59 Å². The zero-order valence-electron chi connectivity index (χ0n) is 15.3. The van der Waals surface area contributed by atoms with E-state index in [1.54, 1.807) is 24.3 Å². The number of nitrogens with two attached hydrogens (primary N) is 2. The SMILES string of the molecule is C[C@]12CC/C(=N\N=C(N)N)C=C1CC[C@@H]2CN1C(=O)c2ccccc2C1=O. The number of allylic oxidation sites excluding steroid dienone is 2. The van der Waals surface area contributed by atoms with Crippen molar-refractivity contribution in [2.75, 3.05) is 6.54 Å². The number of hydrogen-bond acceptors (Lipinski definition) is 4. The number of amides is 2. The van der Waals surface area contributed by atoms with Gasteiger partial charge in [-0.3, -0.25) is 14.5 Å². The molecule has 0 spiro atoms. The monoisotopic (exact) mass is 365 g/mol. The van der Waals surface area contributed by atoms with Gasteiger partial charge in [0.1, 0.15) is 0 Å². The van der Waals surface area contributed by atoms with E-state index in [0.717, 1.165) is 31.4 Å². The maximum Gasteiger partial charge on any atom is 0.261 e. The molecule has 2 atom stereocenters. The Morgan fingerprint density at radius 2 is 1.85 bits per heavy atom. The largest absolute Gasteiger partial charge is 0.369 e. The number of hydrogen-bond donors (Lipinski definition) is 2. The van der Waals surface area contributed by atoms with Crippen LogP contribution in [0.4, 0.5) is 0 Å². The molecule has 0 saturated heterocycles. The van der Waals surface area contributed by atoms with Gasteiger partial charge >= 0.3 is 0 Å². The number of carbonyl (C=O) groups is 2. The van der Waals surface area contributed by atoms with Crippen molar-refractivity contribution in [2.45, 2.75) is 32.6 Å². The predicted molar refractivity (Wildman–Crippen MR) is 103 cm³/mol. The van der Waals surface area contributed by atoms with E-state index in [4.69, 9.17) is 11.5 Å². The van der Waals surface area contributed by atoms with Crippen molar-refractivity contribution in [1.29, 1.82) is 0 Å². The number of fused-ring (bicyclic) bond motifs is 2. The summed E-state index contributed by atoms with van der Waals surface area (Å²) < 4.78 is 0. The first-order valence-electron chi connectivity index (χ1n) is 9.22. The zero-order chi connectivity index (χ0) is 19.2. The van der Waals surface area contributed by atoms with Gasteiger partial charge in [0.2, 0.25) is 5.96 Å². The second kappa shape index (κ2) is 6.33. The number of guanidine groups is 1. The number of imide groups is 1. The molecule has 7 nitrogen and oxygen atoms in total. The quantitative estimate of drug-likeness (QED) is 0.369. The molecule has 27 heavy (non-hydrogen) atoms. The predicted octanol–water partition coefficient (Wildman–Crippen LogP) is 2.05. The summed E-state index contributed by atoms with van der Waals surface area (Å²) in [7, 11) is 0. The van der Waals surface area contributed by atoms with E-state index in [0.29, 0.717) is 17.7 Å². The summed E-state index contributed by atoms with van der Waals surface area (Å²) in [4.78, 5) is 26.8.